The second-order valence-electron chi connectivity index (χ2n) is 6.84. The molecular formula is C20H29N3O5. The van der Waals surface area contributed by atoms with E-state index in [4.69, 9.17) is 10.2 Å². The van der Waals surface area contributed by atoms with Gasteiger partial charge in [0.1, 0.15) is 0 Å². The van der Waals surface area contributed by atoms with E-state index in [-0.39, 0.29) is 25.2 Å². The van der Waals surface area contributed by atoms with Gasteiger partial charge in [0.05, 0.1) is 12.8 Å². The van der Waals surface area contributed by atoms with Gasteiger partial charge >= 0.3 is 11.9 Å². The molecule has 154 valence electrons. The lowest BCUT2D eigenvalue weighted by Crippen LogP contribution is -2.13. The average Bonchev–Trinajstić information content (AvgIpc) is 2.94. The largest absolute Gasteiger partial charge is 0.481 e. The summed E-state index contributed by atoms with van der Waals surface area (Å²) < 4.78 is 1.97. The lowest BCUT2D eigenvalue weighted by molar-refractivity contribution is -0.138. The van der Waals surface area contributed by atoms with Crippen LogP contribution in [0.1, 0.15) is 31.9 Å². The summed E-state index contributed by atoms with van der Waals surface area (Å²) in [5.41, 5.74) is 2.54. The van der Waals surface area contributed by atoms with Gasteiger partial charge in [-0.2, -0.15) is 0 Å². The summed E-state index contributed by atoms with van der Waals surface area (Å²) in [6, 6.07) is 7.36. The number of rotatable bonds is 8. The SMILES string of the molecule is CCc1cc2cc(NC(=O)CCC(=O)O)ccc2n1CCC(=O)O.CN(C)C. The van der Waals surface area contributed by atoms with Gasteiger partial charge in [-0.25, -0.2) is 0 Å². The van der Waals surface area contributed by atoms with Gasteiger partial charge in [0.25, 0.3) is 0 Å². The Hall–Kier alpha value is -2.87. The maximum Gasteiger partial charge on any atom is 0.305 e. The molecule has 0 radical (unpaired) electrons. The van der Waals surface area contributed by atoms with Crippen molar-refractivity contribution >= 4 is 34.4 Å². The van der Waals surface area contributed by atoms with E-state index >= 15 is 0 Å². The monoisotopic (exact) mass is 391 g/mol. The summed E-state index contributed by atoms with van der Waals surface area (Å²) in [7, 11) is 6.00. The Kier molecular flexibility index (Phi) is 9.17. The van der Waals surface area contributed by atoms with Crippen molar-refractivity contribution in [1.29, 1.82) is 0 Å². The predicted octanol–water partition coefficient (Wildman–Crippen LogP) is 2.66. The molecule has 1 amide bonds. The molecule has 1 aromatic carbocycles. The van der Waals surface area contributed by atoms with Crippen molar-refractivity contribution in [3.8, 4) is 0 Å². The number of aliphatic carboxylic acids is 2. The summed E-state index contributed by atoms with van der Waals surface area (Å²) in [5.74, 6) is -2.21. The van der Waals surface area contributed by atoms with Crippen molar-refractivity contribution in [2.45, 2.75) is 39.2 Å². The van der Waals surface area contributed by atoms with Crippen molar-refractivity contribution in [2.75, 3.05) is 26.5 Å². The molecule has 2 rings (SSSR count). The van der Waals surface area contributed by atoms with Gasteiger partial charge < -0.3 is 25.0 Å². The number of benzene rings is 1. The molecule has 0 spiro atoms. The number of aryl methyl sites for hydroxylation is 2. The lowest BCUT2D eigenvalue weighted by atomic mass is 10.2. The van der Waals surface area contributed by atoms with Crippen LogP contribution < -0.4 is 5.32 Å². The Labute approximate surface area is 164 Å². The summed E-state index contributed by atoms with van der Waals surface area (Å²) in [5, 5.41) is 21.1. The summed E-state index contributed by atoms with van der Waals surface area (Å²) in [4.78, 5) is 35.0. The molecule has 0 atom stereocenters. The van der Waals surface area contributed by atoms with E-state index in [9.17, 15) is 14.4 Å². The zero-order valence-electron chi connectivity index (χ0n) is 16.9. The fraction of sp³-hybridized carbons (Fsp3) is 0.450. The smallest absolute Gasteiger partial charge is 0.305 e. The second kappa shape index (κ2) is 11.1. The highest BCUT2D eigenvalue weighted by Gasteiger charge is 2.11. The van der Waals surface area contributed by atoms with E-state index in [0.29, 0.717) is 12.2 Å². The minimum absolute atomic E-state index is 0.0461. The normalized spacial score (nSPS) is 10.5. The Morgan fingerprint density at radius 2 is 1.61 bits per heavy atom. The van der Waals surface area contributed by atoms with E-state index in [1.807, 2.05) is 55.7 Å². The van der Waals surface area contributed by atoms with E-state index in [0.717, 1.165) is 23.0 Å². The molecule has 0 bridgehead atoms. The minimum atomic E-state index is -1.01. The molecule has 1 aromatic heterocycles. The number of nitrogens with zero attached hydrogens (tertiary/aromatic N) is 2. The van der Waals surface area contributed by atoms with Crippen LogP contribution in [-0.2, 0) is 27.3 Å². The first kappa shape index (κ1) is 23.2. The van der Waals surface area contributed by atoms with Gasteiger partial charge in [-0.1, -0.05) is 6.92 Å². The van der Waals surface area contributed by atoms with Crippen molar-refractivity contribution in [3.05, 3.63) is 30.0 Å². The Bertz CT molecular complexity index is 824. The van der Waals surface area contributed by atoms with Crippen LogP contribution in [0.25, 0.3) is 10.9 Å². The molecule has 0 unspecified atom stereocenters. The number of carbonyl (C=O) groups is 3. The molecule has 0 aliphatic rings. The molecule has 0 saturated carbocycles. The fourth-order valence-electron chi connectivity index (χ4n) is 2.61. The first-order chi connectivity index (χ1) is 13.1. The quantitative estimate of drug-likeness (QED) is 0.638. The van der Waals surface area contributed by atoms with Gasteiger partial charge in [0.15, 0.2) is 0 Å². The number of amides is 1. The highest BCUT2D eigenvalue weighted by atomic mass is 16.4. The standard InChI is InChI=1S/C17H20N2O5.C3H9N/c1-2-13-10-11-9-12(18-15(20)5-6-16(21)22)3-4-14(11)19(13)8-7-17(23)24;1-4(2)3/h3-4,9-10H,2,5-8H2,1H3,(H,18,20)(H,21,22)(H,23,24);1-3H3. The molecule has 0 aliphatic heterocycles. The Morgan fingerprint density at radius 3 is 2.14 bits per heavy atom. The second-order valence-corrected chi connectivity index (χ2v) is 6.84. The number of hydrogen-bond acceptors (Lipinski definition) is 4. The third kappa shape index (κ3) is 7.79. The first-order valence-corrected chi connectivity index (χ1v) is 9.10. The number of nitrogens with one attached hydrogen (secondary N) is 1. The number of aromatic nitrogens is 1. The maximum atomic E-state index is 11.7. The number of anilines is 1. The van der Waals surface area contributed by atoms with E-state index in [1.54, 1.807) is 6.07 Å². The van der Waals surface area contributed by atoms with Crippen molar-refractivity contribution < 1.29 is 24.6 Å². The third-order valence-electron chi connectivity index (χ3n) is 3.75. The van der Waals surface area contributed by atoms with Crippen molar-refractivity contribution in [1.82, 2.24) is 9.47 Å². The number of fused-ring (bicyclic) bond motifs is 1. The molecule has 1 heterocycles. The molecule has 2 aromatic rings. The average molecular weight is 391 g/mol. The zero-order valence-corrected chi connectivity index (χ0v) is 16.9. The summed E-state index contributed by atoms with van der Waals surface area (Å²) >= 11 is 0. The number of carboxylic acids is 2. The van der Waals surface area contributed by atoms with Gasteiger partial charge in [-0.3, -0.25) is 14.4 Å². The van der Waals surface area contributed by atoms with Crippen LogP contribution in [0.3, 0.4) is 0 Å². The highest BCUT2D eigenvalue weighted by molar-refractivity contribution is 5.95. The van der Waals surface area contributed by atoms with Crippen LogP contribution in [0.2, 0.25) is 0 Å². The summed E-state index contributed by atoms with van der Waals surface area (Å²) in [6.45, 7) is 2.40. The van der Waals surface area contributed by atoms with Crippen molar-refractivity contribution in [3.63, 3.8) is 0 Å². The first-order valence-electron chi connectivity index (χ1n) is 9.10. The number of carbonyl (C=O) groups excluding carboxylic acids is 1. The lowest BCUT2D eigenvalue weighted by Gasteiger charge is -2.09. The predicted molar refractivity (Wildman–Crippen MR) is 109 cm³/mol. The molecule has 0 fully saturated rings. The van der Waals surface area contributed by atoms with Gasteiger partial charge in [0.2, 0.25) is 5.91 Å². The third-order valence-corrected chi connectivity index (χ3v) is 3.75. The van der Waals surface area contributed by atoms with Gasteiger partial charge in [-0.15, -0.1) is 0 Å². The Balaban J connectivity index is 0.000000892. The molecule has 8 nitrogen and oxygen atoms in total. The fourth-order valence-corrected chi connectivity index (χ4v) is 2.61. The number of hydrogen-bond donors (Lipinski definition) is 3. The van der Waals surface area contributed by atoms with E-state index in [1.165, 1.54) is 0 Å². The van der Waals surface area contributed by atoms with E-state index < -0.39 is 11.9 Å². The minimum Gasteiger partial charge on any atom is -0.481 e. The van der Waals surface area contributed by atoms with Crippen LogP contribution in [0, 0.1) is 0 Å². The Morgan fingerprint density at radius 1 is 1.00 bits per heavy atom. The zero-order chi connectivity index (χ0) is 21.3. The molecule has 8 heteroatoms. The van der Waals surface area contributed by atoms with E-state index in [2.05, 4.69) is 5.32 Å². The van der Waals surface area contributed by atoms with Crippen LogP contribution in [0.5, 0.6) is 0 Å². The van der Waals surface area contributed by atoms with Crippen molar-refractivity contribution in [2.24, 2.45) is 0 Å². The summed E-state index contributed by atoms with van der Waals surface area (Å²) in [6.07, 6.45) is 0.534. The molecule has 28 heavy (non-hydrogen) atoms. The van der Waals surface area contributed by atoms with Gasteiger partial charge in [-0.05, 0) is 51.8 Å². The molecule has 0 saturated heterocycles. The van der Waals surface area contributed by atoms with Crippen LogP contribution in [-0.4, -0.2) is 58.7 Å². The highest BCUT2D eigenvalue weighted by Crippen LogP contribution is 2.24. The topological polar surface area (TPSA) is 112 Å². The van der Waals surface area contributed by atoms with Gasteiger partial charge in [0, 0.05) is 35.2 Å². The molecule has 0 aliphatic carbocycles. The molecular weight excluding hydrogens is 362 g/mol. The molecule has 3 N–H and O–H groups in total. The maximum absolute atomic E-state index is 11.7. The number of carboxylic acid groups (broad SMARTS) is 2. The van der Waals surface area contributed by atoms with Crippen LogP contribution >= 0.6 is 0 Å². The van der Waals surface area contributed by atoms with Crippen LogP contribution in [0.4, 0.5) is 5.69 Å². The van der Waals surface area contributed by atoms with Crippen LogP contribution in [0.15, 0.2) is 24.3 Å².